The monoisotopic (exact) mass is 273 g/mol. The van der Waals surface area contributed by atoms with Crippen LogP contribution in [0.5, 0.6) is 5.75 Å². The summed E-state index contributed by atoms with van der Waals surface area (Å²) in [6, 6.07) is 7.76. The fourth-order valence-electron chi connectivity index (χ4n) is 1.75. The van der Waals surface area contributed by atoms with Crippen LogP contribution < -0.4 is 10.1 Å². The molecule has 19 heavy (non-hydrogen) atoms. The Morgan fingerprint density at radius 2 is 2.26 bits per heavy atom. The minimum Gasteiger partial charge on any atom is -0.495 e. The summed E-state index contributed by atoms with van der Waals surface area (Å²) in [4.78, 5) is 4.39. The second-order valence-electron chi connectivity index (χ2n) is 4.13. The fraction of sp³-hybridized carbons (Fsp3) is 0.286. The Hall–Kier alpha value is -1.90. The molecule has 98 valence electrons. The van der Waals surface area contributed by atoms with Crippen LogP contribution in [0.25, 0.3) is 0 Å². The highest BCUT2D eigenvalue weighted by atomic mass is 32.1. The van der Waals surface area contributed by atoms with Crippen LogP contribution in [0.15, 0.2) is 23.6 Å². The Balaban J connectivity index is 1.95. The lowest BCUT2D eigenvalue weighted by molar-refractivity contribution is 0.413. The molecule has 0 amide bonds. The van der Waals surface area contributed by atoms with Crippen molar-refractivity contribution in [1.82, 2.24) is 10.3 Å². The third-order valence-corrected chi connectivity index (χ3v) is 3.62. The molecule has 1 N–H and O–H groups in total. The number of nitriles is 1. The van der Waals surface area contributed by atoms with Gasteiger partial charge in [-0.2, -0.15) is 5.26 Å². The predicted molar refractivity (Wildman–Crippen MR) is 75.1 cm³/mol. The van der Waals surface area contributed by atoms with E-state index in [9.17, 15) is 0 Å². The Labute approximate surface area is 116 Å². The lowest BCUT2D eigenvalue weighted by Crippen LogP contribution is -2.12. The smallest absolute Gasteiger partial charge is 0.136 e. The van der Waals surface area contributed by atoms with Crippen LogP contribution in [0.1, 0.15) is 21.8 Å². The molecule has 0 saturated heterocycles. The Morgan fingerprint density at radius 3 is 2.89 bits per heavy atom. The van der Waals surface area contributed by atoms with Crippen molar-refractivity contribution in [2.45, 2.75) is 20.0 Å². The van der Waals surface area contributed by atoms with Gasteiger partial charge in [0.05, 0.1) is 12.7 Å². The maximum atomic E-state index is 9.02. The first-order valence-corrected chi connectivity index (χ1v) is 6.79. The quantitative estimate of drug-likeness (QED) is 0.909. The van der Waals surface area contributed by atoms with E-state index in [-0.39, 0.29) is 0 Å². The summed E-state index contributed by atoms with van der Waals surface area (Å²) in [5, 5.41) is 15.5. The molecule has 0 aliphatic carbocycles. The van der Waals surface area contributed by atoms with E-state index in [4.69, 9.17) is 10.00 Å². The maximum Gasteiger partial charge on any atom is 0.136 e. The number of thiazole rings is 1. The van der Waals surface area contributed by atoms with Crippen molar-refractivity contribution in [2.24, 2.45) is 0 Å². The summed E-state index contributed by atoms with van der Waals surface area (Å²) in [6.07, 6.45) is 0. The molecule has 2 aromatic rings. The summed E-state index contributed by atoms with van der Waals surface area (Å²) in [5.41, 5.74) is 2.68. The molecular weight excluding hydrogens is 258 g/mol. The SMILES string of the molecule is COc1ccc(CNCc2nc(C)cs2)cc1C#N. The highest BCUT2D eigenvalue weighted by Crippen LogP contribution is 2.18. The molecule has 0 aliphatic heterocycles. The molecule has 0 atom stereocenters. The highest BCUT2D eigenvalue weighted by molar-refractivity contribution is 7.09. The molecule has 0 fully saturated rings. The number of benzene rings is 1. The van der Waals surface area contributed by atoms with Crippen molar-refractivity contribution in [2.75, 3.05) is 7.11 Å². The van der Waals surface area contributed by atoms with Crippen LogP contribution >= 0.6 is 11.3 Å². The first-order chi connectivity index (χ1) is 9.22. The second kappa shape index (κ2) is 6.32. The normalized spacial score (nSPS) is 10.2. The first-order valence-electron chi connectivity index (χ1n) is 5.91. The number of nitrogens with one attached hydrogen (secondary N) is 1. The molecule has 1 heterocycles. The molecule has 2 rings (SSSR count). The molecule has 4 nitrogen and oxygen atoms in total. The zero-order valence-electron chi connectivity index (χ0n) is 10.9. The summed E-state index contributed by atoms with van der Waals surface area (Å²) >= 11 is 1.65. The van der Waals surface area contributed by atoms with E-state index in [2.05, 4.69) is 16.4 Å². The minimum absolute atomic E-state index is 0.562. The lowest BCUT2D eigenvalue weighted by Gasteiger charge is -2.06. The van der Waals surface area contributed by atoms with E-state index in [0.29, 0.717) is 17.9 Å². The number of hydrogen-bond donors (Lipinski definition) is 1. The van der Waals surface area contributed by atoms with E-state index in [1.807, 2.05) is 30.5 Å². The number of rotatable bonds is 5. The van der Waals surface area contributed by atoms with Gasteiger partial charge in [0.1, 0.15) is 16.8 Å². The number of aryl methyl sites for hydroxylation is 1. The third-order valence-electron chi connectivity index (χ3n) is 2.66. The first kappa shape index (κ1) is 13.5. The molecule has 0 radical (unpaired) electrons. The van der Waals surface area contributed by atoms with Crippen LogP contribution in [0.4, 0.5) is 0 Å². The molecule has 1 aromatic carbocycles. The summed E-state index contributed by atoms with van der Waals surface area (Å²) in [6.45, 7) is 3.44. The zero-order chi connectivity index (χ0) is 13.7. The molecule has 5 heteroatoms. The average Bonchev–Trinajstić information content (AvgIpc) is 2.84. The van der Waals surface area contributed by atoms with Crippen LogP contribution in [-0.2, 0) is 13.1 Å². The van der Waals surface area contributed by atoms with Crippen LogP contribution in [-0.4, -0.2) is 12.1 Å². The standard InChI is InChI=1S/C14H15N3OS/c1-10-9-19-14(17-10)8-16-7-11-3-4-13(18-2)12(5-11)6-15/h3-5,9,16H,7-8H2,1-2H3. The van der Waals surface area contributed by atoms with Crippen molar-refractivity contribution in [1.29, 1.82) is 5.26 Å². The van der Waals surface area contributed by atoms with E-state index >= 15 is 0 Å². The number of ether oxygens (including phenoxy) is 1. The molecule has 0 bridgehead atoms. The maximum absolute atomic E-state index is 9.02. The third kappa shape index (κ3) is 3.53. The minimum atomic E-state index is 0.562. The van der Waals surface area contributed by atoms with Gasteiger partial charge in [0.25, 0.3) is 0 Å². The number of aromatic nitrogens is 1. The largest absolute Gasteiger partial charge is 0.495 e. The van der Waals surface area contributed by atoms with Gasteiger partial charge in [-0.3, -0.25) is 0 Å². The van der Waals surface area contributed by atoms with Gasteiger partial charge in [-0.05, 0) is 24.6 Å². The topological polar surface area (TPSA) is 57.9 Å². The van der Waals surface area contributed by atoms with Gasteiger partial charge in [0, 0.05) is 24.2 Å². The van der Waals surface area contributed by atoms with Crippen LogP contribution in [0.3, 0.4) is 0 Å². The van der Waals surface area contributed by atoms with Gasteiger partial charge in [-0.1, -0.05) is 6.07 Å². The second-order valence-corrected chi connectivity index (χ2v) is 5.08. The predicted octanol–water partition coefficient (Wildman–Crippen LogP) is 2.62. The van der Waals surface area contributed by atoms with Crippen molar-refractivity contribution in [3.8, 4) is 11.8 Å². The van der Waals surface area contributed by atoms with Gasteiger partial charge in [-0.15, -0.1) is 11.3 Å². The van der Waals surface area contributed by atoms with Crippen LogP contribution in [0, 0.1) is 18.3 Å². The number of methoxy groups -OCH3 is 1. The zero-order valence-corrected chi connectivity index (χ0v) is 11.8. The van der Waals surface area contributed by atoms with E-state index in [1.54, 1.807) is 18.4 Å². The fourth-order valence-corrected chi connectivity index (χ4v) is 2.49. The van der Waals surface area contributed by atoms with Crippen molar-refractivity contribution in [3.05, 3.63) is 45.4 Å². The van der Waals surface area contributed by atoms with Gasteiger partial charge in [0.15, 0.2) is 0 Å². The van der Waals surface area contributed by atoms with E-state index in [0.717, 1.165) is 22.8 Å². The summed E-state index contributed by atoms with van der Waals surface area (Å²) in [5.74, 6) is 0.613. The molecular formula is C14H15N3OS. The average molecular weight is 273 g/mol. The van der Waals surface area contributed by atoms with E-state index in [1.165, 1.54) is 0 Å². The van der Waals surface area contributed by atoms with Crippen molar-refractivity contribution < 1.29 is 4.74 Å². The molecule has 0 unspecified atom stereocenters. The highest BCUT2D eigenvalue weighted by Gasteiger charge is 2.04. The molecule has 0 aliphatic rings. The molecule has 1 aromatic heterocycles. The number of hydrogen-bond acceptors (Lipinski definition) is 5. The Morgan fingerprint density at radius 1 is 1.42 bits per heavy atom. The van der Waals surface area contributed by atoms with Gasteiger partial charge in [0.2, 0.25) is 0 Å². The summed E-state index contributed by atoms with van der Waals surface area (Å²) < 4.78 is 5.12. The van der Waals surface area contributed by atoms with Crippen LogP contribution in [0.2, 0.25) is 0 Å². The molecule has 0 saturated carbocycles. The Bertz CT molecular complexity index is 601. The van der Waals surface area contributed by atoms with Crippen molar-refractivity contribution >= 4 is 11.3 Å². The van der Waals surface area contributed by atoms with Gasteiger partial charge >= 0.3 is 0 Å². The Kier molecular flexibility index (Phi) is 4.50. The van der Waals surface area contributed by atoms with Gasteiger partial charge in [-0.25, -0.2) is 4.98 Å². The molecule has 0 spiro atoms. The lowest BCUT2D eigenvalue weighted by atomic mass is 10.1. The van der Waals surface area contributed by atoms with E-state index < -0.39 is 0 Å². The summed E-state index contributed by atoms with van der Waals surface area (Å²) in [7, 11) is 1.57. The van der Waals surface area contributed by atoms with Gasteiger partial charge < -0.3 is 10.1 Å². The van der Waals surface area contributed by atoms with Crippen molar-refractivity contribution in [3.63, 3.8) is 0 Å². The number of nitrogens with zero attached hydrogens (tertiary/aromatic N) is 2.